The Morgan fingerprint density at radius 3 is 2.81 bits per heavy atom. The summed E-state index contributed by atoms with van der Waals surface area (Å²) in [5.41, 5.74) is 0. The van der Waals surface area contributed by atoms with Gasteiger partial charge in [0.2, 0.25) is 0 Å². The fraction of sp³-hybridized carbons (Fsp3) is 0.308. The highest BCUT2D eigenvalue weighted by atomic mass is 79.9. The predicted molar refractivity (Wildman–Crippen MR) is 84.3 cm³/mol. The lowest BCUT2D eigenvalue weighted by Crippen LogP contribution is -2.10. The van der Waals surface area contributed by atoms with E-state index in [1.165, 1.54) is 6.20 Å². The van der Waals surface area contributed by atoms with Crippen LogP contribution < -0.4 is 4.74 Å². The van der Waals surface area contributed by atoms with E-state index in [1.807, 2.05) is 31.2 Å². The molecule has 0 fully saturated rings. The van der Waals surface area contributed by atoms with Crippen molar-refractivity contribution in [1.82, 2.24) is 9.55 Å². The van der Waals surface area contributed by atoms with Crippen molar-refractivity contribution in [2.75, 3.05) is 6.61 Å². The summed E-state index contributed by atoms with van der Waals surface area (Å²) >= 11 is 3.37. The number of benzene rings is 1. The monoisotopic (exact) mass is 392 g/mol. The zero-order chi connectivity index (χ0) is 15.5. The number of nitrogens with zero attached hydrogens (tertiary/aromatic N) is 2. The van der Waals surface area contributed by atoms with E-state index in [-0.39, 0.29) is 5.03 Å². The van der Waals surface area contributed by atoms with Crippen LogP contribution in [0, 0.1) is 0 Å². The van der Waals surface area contributed by atoms with Gasteiger partial charge in [0.05, 0.1) is 6.54 Å². The second-order valence-electron chi connectivity index (χ2n) is 4.29. The highest BCUT2D eigenvalue weighted by molar-refractivity contribution is 9.10. The lowest BCUT2D eigenvalue weighted by atomic mass is 10.3. The van der Waals surface area contributed by atoms with Gasteiger partial charge in [0.1, 0.15) is 18.2 Å². The fourth-order valence-corrected chi connectivity index (χ4v) is 2.91. The first-order chi connectivity index (χ1) is 9.90. The van der Waals surface area contributed by atoms with Crippen LogP contribution in [0.2, 0.25) is 0 Å². The summed E-state index contributed by atoms with van der Waals surface area (Å²) in [4.78, 5) is 4.02. The molecule has 0 N–H and O–H groups in total. The number of aryl methyl sites for hydroxylation is 1. The molecule has 2 rings (SSSR count). The third-order valence-corrected chi connectivity index (χ3v) is 4.46. The Hall–Kier alpha value is -1.05. The van der Waals surface area contributed by atoms with Gasteiger partial charge < -0.3 is 9.30 Å². The highest BCUT2D eigenvalue weighted by Gasteiger charge is 2.16. The van der Waals surface area contributed by atoms with E-state index in [9.17, 15) is 8.42 Å². The van der Waals surface area contributed by atoms with E-state index in [2.05, 4.69) is 20.9 Å². The number of hydrogen-bond donors (Lipinski definition) is 0. The molecule has 0 saturated heterocycles. The molecule has 114 valence electrons. The normalized spacial score (nSPS) is 11.6. The van der Waals surface area contributed by atoms with Crippen molar-refractivity contribution in [1.29, 1.82) is 0 Å². The van der Waals surface area contributed by atoms with Gasteiger partial charge in [0.25, 0.3) is 9.05 Å². The lowest BCUT2D eigenvalue weighted by molar-refractivity contribution is 0.296. The summed E-state index contributed by atoms with van der Waals surface area (Å²) < 4.78 is 30.9. The van der Waals surface area contributed by atoms with E-state index in [4.69, 9.17) is 15.4 Å². The number of halogens is 2. The smallest absolute Gasteiger partial charge is 0.280 e. The topological polar surface area (TPSA) is 61.2 Å². The maximum Gasteiger partial charge on any atom is 0.280 e. The molecule has 0 unspecified atom stereocenters. The van der Waals surface area contributed by atoms with Crippen LogP contribution in [-0.4, -0.2) is 24.6 Å². The minimum Gasteiger partial charge on any atom is -0.492 e. The van der Waals surface area contributed by atoms with Crippen molar-refractivity contribution in [3.8, 4) is 5.75 Å². The van der Waals surface area contributed by atoms with Crippen LogP contribution in [0.1, 0.15) is 12.7 Å². The molecule has 0 spiro atoms. The van der Waals surface area contributed by atoms with Crippen LogP contribution in [0.5, 0.6) is 5.75 Å². The van der Waals surface area contributed by atoms with Crippen LogP contribution in [0.25, 0.3) is 0 Å². The number of ether oxygens (including phenoxy) is 1. The van der Waals surface area contributed by atoms with Gasteiger partial charge in [-0.15, -0.1) is 0 Å². The molecule has 0 atom stereocenters. The molecule has 21 heavy (non-hydrogen) atoms. The molecule has 8 heteroatoms. The number of imidazole rings is 1. The van der Waals surface area contributed by atoms with E-state index >= 15 is 0 Å². The maximum absolute atomic E-state index is 11.3. The van der Waals surface area contributed by atoms with E-state index in [1.54, 1.807) is 4.57 Å². The summed E-state index contributed by atoms with van der Waals surface area (Å²) in [5.74, 6) is 1.40. The van der Waals surface area contributed by atoms with Gasteiger partial charge in [-0.1, -0.05) is 28.9 Å². The Balaban J connectivity index is 2.04. The van der Waals surface area contributed by atoms with Gasteiger partial charge >= 0.3 is 0 Å². The van der Waals surface area contributed by atoms with Crippen LogP contribution in [0.4, 0.5) is 0 Å². The second kappa shape index (κ2) is 6.81. The molecule has 0 aliphatic heterocycles. The first-order valence-electron chi connectivity index (χ1n) is 6.29. The predicted octanol–water partition coefficient (Wildman–Crippen LogP) is 3.21. The molecular weight excluding hydrogens is 380 g/mol. The highest BCUT2D eigenvalue weighted by Crippen LogP contribution is 2.18. The van der Waals surface area contributed by atoms with Crippen molar-refractivity contribution in [2.24, 2.45) is 0 Å². The maximum atomic E-state index is 11.3. The third kappa shape index (κ3) is 4.46. The van der Waals surface area contributed by atoms with Gasteiger partial charge in [0.15, 0.2) is 5.03 Å². The van der Waals surface area contributed by atoms with Crippen LogP contribution in [-0.2, 0) is 22.0 Å². The summed E-state index contributed by atoms with van der Waals surface area (Å²) in [7, 11) is 1.50. The minimum atomic E-state index is -3.80. The van der Waals surface area contributed by atoms with Crippen molar-refractivity contribution < 1.29 is 13.2 Å². The van der Waals surface area contributed by atoms with Crippen LogP contribution in [0.3, 0.4) is 0 Å². The van der Waals surface area contributed by atoms with Crippen molar-refractivity contribution in [3.05, 3.63) is 40.8 Å². The molecule has 1 aromatic carbocycles. The largest absolute Gasteiger partial charge is 0.492 e. The van der Waals surface area contributed by atoms with Crippen LogP contribution in [0.15, 0.2) is 40.0 Å². The van der Waals surface area contributed by atoms with E-state index in [0.717, 1.165) is 10.2 Å². The lowest BCUT2D eigenvalue weighted by Gasteiger charge is -2.08. The van der Waals surface area contributed by atoms with Crippen molar-refractivity contribution in [3.63, 3.8) is 0 Å². The Labute approximate surface area is 136 Å². The molecule has 0 saturated carbocycles. The number of rotatable bonds is 6. The molecule has 2 aromatic rings. The van der Waals surface area contributed by atoms with Gasteiger partial charge in [0, 0.05) is 27.8 Å². The average molecular weight is 394 g/mol. The molecule has 0 bridgehead atoms. The zero-order valence-corrected chi connectivity index (χ0v) is 14.4. The SMILES string of the molecule is CCc1nc(S(=O)(=O)Cl)cn1CCOc1cccc(Br)c1. The molecule has 0 aliphatic rings. The molecule has 5 nitrogen and oxygen atoms in total. The molecular formula is C13H14BrClN2O3S. The van der Waals surface area contributed by atoms with E-state index in [0.29, 0.717) is 25.4 Å². The number of aromatic nitrogens is 2. The first-order valence-corrected chi connectivity index (χ1v) is 9.39. The Kier molecular flexibility index (Phi) is 5.29. The second-order valence-corrected chi connectivity index (χ2v) is 7.71. The minimum absolute atomic E-state index is 0.122. The molecule has 0 radical (unpaired) electrons. The first kappa shape index (κ1) is 16.3. The number of hydrogen-bond acceptors (Lipinski definition) is 4. The average Bonchev–Trinajstić information content (AvgIpc) is 2.82. The Morgan fingerprint density at radius 1 is 1.43 bits per heavy atom. The summed E-state index contributed by atoms with van der Waals surface area (Å²) in [6.07, 6.45) is 2.05. The van der Waals surface area contributed by atoms with Gasteiger partial charge in [-0.2, -0.15) is 0 Å². The van der Waals surface area contributed by atoms with Crippen molar-refractivity contribution in [2.45, 2.75) is 24.9 Å². The quantitative estimate of drug-likeness (QED) is 0.707. The summed E-state index contributed by atoms with van der Waals surface area (Å²) in [6.45, 7) is 2.80. The third-order valence-electron chi connectivity index (χ3n) is 2.80. The van der Waals surface area contributed by atoms with E-state index < -0.39 is 9.05 Å². The van der Waals surface area contributed by atoms with Gasteiger partial charge in [-0.05, 0) is 18.2 Å². The molecule has 0 aliphatic carbocycles. The summed E-state index contributed by atoms with van der Waals surface area (Å²) in [5, 5.41) is -0.122. The fourth-order valence-electron chi connectivity index (χ4n) is 1.84. The Morgan fingerprint density at radius 2 is 2.19 bits per heavy atom. The molecule has 0 amide bonds. The van der Waals surface area contributed by atoms with Gasteiger partial charge in [-0.25, -0.2) is 13.4 Å². The summed E-state index contributed by atoms with van der Waals surface area (Å²) in [6, 6.07) is 7.51. The molecule has 1 aromatic heterocycles. The molecule has 1 heterocycles. The van der Waals surface area contributed by atoms with Crippen molar-refractivity contribution >= 4 is 35.7 Å². The Bertz CT molecular complexity index is 731. The van der Waals surface area contributed by atoms with Crippen LogP contribution >= 0.6 is 26.6 Å². The van der Waals surface area contributed by atoms with Gasteiger partial charge in [-0.3, -0.25) is 0 Å². The zero-order valence-electron chi connectivity index (χ0n) is 11.3. The standard InChI is InChI=1S/C13H14BrClN2O3S/c1-2-12-16-13(21(15,18)19)9-17(12)6-7-20-11-5-3-4-10(14)8-11/h3-5,8-9H,2,6-7H2,1H3.